The highest BCUT2D eigenvalue weighted by atomic mass is 35.7. The molecule has 106 valence electrons. The molecule has 0 atom stereocenters. The van der Waals surface area contributed by atoms with Crippen LogP contribution in [-0.2, 0) is 0 Å². The third kappa shape index (κ3) is 2.92. The first-order valence-corrected chi connectivity index (χ1v) is 9.17. The fourth-order valence-electron chi connectivity index (χ4n) is 3.08. The fraction of sp³-hybridized carbons (Fsp3) is 0.333. The Morgan fingerprint density at radius 1 is 0.600 bits per heavy atom. The van der Waals surface area contributed by atoms with Gasteiger partial charge in [0.05, 0.1) is 7.27 Å². The summed E-state index contributed by atoms with van der Waals surface area (Å²) in [7, 11) is -0.807. The SMILES string of the molecule is Cc1cc(C)c(P(Cl)c2c(C)cc(C)cc2C)c(C)c1. The molecule has 0 aliphatic carbocycles. The van der Waals surface area contributed by atoms with Crippen LogP contribution < -0.4 is 10.6 Å². The maximum absolute atomic E-state index is 6.92. The van der Waals surface area contributed by atoms with E-state index in [2.05, 4.69) is 65.8 Å². The minimum Gasteiger partial charge on any atom is -0.0858 e. The molecular weight excluding hydrogens is 283 g/mol. The lowest BCUT2D eigenvalue weighted by Gasteiger charge is -2.21. The first kappa shape index (κ1) is 15.5. The molecule has 0 nitrogen and oxygen atoms in total. The molecule has 0 aliphatic rings. The molecule has 0 radical (unpaired) electrons. The predicted octanol–water partition coefficient (Wildman–Crippen LogP) is 5.12. The van der Waals surface area contributed by atoms with Gasteiger partial charge in [-0.2, -0.15) is 0 Å². The summed E-state index contributed by atoms with van der Waals surface area (Å²) in [6.07, 6.45) is 0. The van der Waals surface area contributed by atoms with E-state index in [1.165, 1.54) is 44.0 Å². The molecule has 2 aromatic carbocycles. The highest BCUT2D eigenvalue weighted by Crippen LogP contribution is 2.43. The average Bonchev–Trinajstić information content (AvgIpc) is 2.25. The van der Waals surface area contributed by atoms with Crippen molar-refractivity contribution in [2.24, 2.45) is 0 Å². The van der Waals surface area contributed by atoms with Gasteiger partial charge in [0.2, 0.25) is 0 Å². The van der Waals surface area contributed by atoms with Crippen molar-refractivity contribution in [3.8, 4) is 0 Å². The zero-order valence-corrected chi connectivity index (χ0v) is 14.8. The minimum absolute atomic E-state index is 0.807. The number of halogens is 1. The smallest absolute Gasteiger partial charge is 0.0535 e. The molecule has 2 aromatic rings. The summed E-state index contributed by atoms with van der Waals surface area (Å²) in [6.45, 7) is 13.0. The zero-order valence-electron chi connectivity index (χ0n) is 13.1. The molecule has 20 heavy (non-hydrogen) atoms. The summed E-state index contributed by atoms with van der Waals surface area (Å²) in [6, 6.07) is 8.94. The van der Waals surface area contributed by atoms with Crippen LogP contribution in [0.5, 0.6) is 0 Å². The summed E-state index contributed by atoms with van der Waals surface area (Å²) in [5.74, 6) is 0. The van der Waals surface area contributed by atoms with Gasteiger partial charge in [-0.1, -0.05) is 46.6 Å². The van der Waals surface area contributed by atoms with Crippen molar-refractivity contribution >= 4 is 29.1 Å². The molecule has 0 amide bonds. The molecule has 2 rings (SSSR count). The predicted molar refractivity (Wildman–Crippen MR) is 93.3 cm³/mol. The van der Waals surface area contributed by atoms with Gasteiger partial charge in [0.25, 0.3) is 0 Å². The summed E-state index contributed by atoms with van der Waals surface area (Å²) in [5.41, 5.74) is 7.85. The molecule has 0 saturated heterocycles. The Hall–Kier alpha value is -0.840. The van der Waals surface area contributed by atoms with Gasteiger partial charge >= 0.3 is 0 Å². The maximum Gasteiger partial charge on any atom is 0.0535 e. The van der Waals surface area contributed by atoms with Gasteiger partial charge in [0, 0.05) is 10.6 Å². The Balaban J connectivity index is 2.61. The second-order valence-electron chi connectivity index (χ2n) is 5.78. The molecule has 0 spiro atoms. The quantitative estimate of drug-likeness (QED) is 0.675. The maximum atomic E-state index is 6.92. The monoisotopic (exact) mass is 304 g/mol. The summed E-state index contributed by atoms with van der Waals surface area (Å²) >= 11 is 6.92. The summed E-state index contributed by atoms with van der Waals surface area (Å²) in [4.78, 5) is 0. The molecule has 0 aliphatic heterocycles. The van der Waals surface area contributed by atoms with Gasteiger partial charge in [-0.25, -0.2) is 0 Å². The lowest BCUT2D eigenvalue weighted by Crippen LogP contribution is -2.19. The number of rotatable bonds is 2. The summed E-state index contributed by atoms with van der Waals surface area (Å²) in [5, 5.41) is 2.64. The van der Waals surface area contributed by atoms with Crippen LogP contribution in [0.3, 0.4) is 0 Å². The zero-order chi connectivity index (χ0) is 15.0. The highest BCUT2D eigenvalue weighted by Gasteiger charge is 2.20. The van der Waals surface area contributed by atoms with E-state index in [1.54, 1.807) is 0 Å². The number of hydrogen-bond donors (Lipinski definition) is 0. The first-order valence-electron chi connectivity index (χ1n) is 6.93. The number of aryl methyl sites for hydroxylation is 6. The first-order chi connectivity index (χ1) is 9.31. The van der Waals surface area contributed by atoms with Crippen LogP contribution in [0.15, 0.2) is 24.3 Å². The average molecular weight is 305 g/mol. The molecule has 0 unspecified atom stereocenters. The molecule has 2 heteroatoms. The van der Waals surface area contributed by atoms with Crippen LogP contribution in [0, 0.1) is 41.5 Å². The minimum atomic E-state index is -0.807. The van der Waals surface area contributed by atoms with E-state index in [0.717, 1.165) is 0 Å². The number of benzene rings is 2. The van der Waals surface area contributed by atoms with E-state index in [9.17, 15) is 0 Å². The van der Waals surface area contributed by atoms with E-state index in [4.69, 9.17) is 11.2 Å². The van der Waals surface area contributed by atoms with Gasteiger partial charge in [-0.05, 0) is 63.8 Å². The fourth-order valence-corrected chi connectivity index (χ4v) is 6.40. The van der Waals surface area contributed by atoms with Crippen LogP contribution in [0.25, 0.3) is 0 Å². The lowest BCUT2D eigenvalue weighted by molar-refractivity contribution is 1.35. The van der Waals surface area contributed by atoms with Crippen LogP contribution in [0.1, 0.15) is 33.4 Å². The molecular formula is C18H22ClP. The van der Waals surface area contributed by atoms with Crippen molar-refractivity contribution in [3.63, 3.8) is 0 Å². The van der Waals surface area contributed by atoms with Gasteiger partial charge in [-0.3, -0.25) is 0 Å². The summed E-state index contributed by atoms with van der Waals surface area (Å²) < 4.78 is 0. The van der Waals surface area contributed by atoms with E-state index >= 15 is 0 Å². The molecule has 0 aromatic heterocycles. The third-order valence-electron chi connectivity index (χ3n) is 3.66. The Labute approximate surface area is 128 Å². The largest absolute Gasteiger partial charge is 0.0858 e. The van der Waals surface area contributed by atoms with Crippen molar-refractivity contribution in [1.82, 2.24) is 0 Å². The molecule has 0 bridgehead atoms. The van der Waals surface area contributed by atoms with Crippen molar-refractivity contribution in [1.29, 1.82) is 0 Å². The number of hydrogen-bond acceptors (Lipinski definition) is 0. The Bertz CT molecular complexity index is 555. The third-order valence-corrected chi connectivity index (χ3v) is 6.87. The van der Waals surface area contributed by atoms with E-state index in [0.29, 0.717) is 0 Å². The van der Waals surface area contributed by atoms with Gasteiger partial charge in [-0.15, -0.1) is 0 Å². The van der Waals surface area contributed by atoms with Crippen LogP contribution >= 0.6 is 18.5 Å². The standard InChI is InChI=1S/C18H22ClP/c1-11-7-13(3)17(14(4)8-11)20(19)18-15(5)9-12(2)10-16(18)6/h7-10H,1-6H3. The van der Waals surface area contributed by atoms with Crippen LogP contribution in [-0.4, -0.2) is 0 Å². The van der Waals surface area contributed by atoms with Crippen molar-refractivity contribution in [3.05, 3.63) is 57.6 Å². The van der Waals surface area contributed by atoms with Crippen LogP contribution in [0.4, 0.5) is 0 Å². The molecule has 0 saturated carbocycles. The Kier molecular flexibility index (Phi) is 4.57. The topological polar surface area (TPSA) is 0 Å². The van der Waals surface area contributed by atoms with Gasteiger partial charge in [0.1, 0.15) is 0 Å². The lowest BCUT2D eigenvalue weighted by atomic mass is 10.1. The Morgan fingerprint density at radius 3 is 1.10 bits per heavy atom. The molecule has 0 fully saturated rings. The van der Waals surface area contributed by atoms with Gasteiger partial charge in [0.15, 0.2) is 0 Å². The second kappa shape index (κ2) is 5.88. The van der Waals surface area contributed by atoms with Crippen molar-refractivity contribution in [2.45, 2.75) is 41.5 Å². The normalized spacial score (nSPS) is 11.2. The second-order valence-corrected chi connectivity index (χ2v) is 8.25. The van der Waals surface area contributed by atoms with Crippen molar-refractivity contribution < 1.29 is 0 Å². The van der Waals surface area contributed by atoms with E-state index in [-0.39, 0.29) is 0 Å². The highest BCUT2D eigenvalue weighted by molar-refractivity contribution is 7.95. The van der Waals surface area contributed by atoms with E-state index in [1.807, 2.05) is 0 Å². The van der Waals surface area contributed by atoms with Crippen molar-refractivity contribution in [2.75, 3.05) is 0 Å². The molecule has 0 heterocycles. The van der Waals surface area contributed by atoms with Crippen LogP contribution in [0.2, 0.25) is 0 Å². The van der Waals surface area contributed by atoms with E-state index < -0.39 is 7.27 Å². The molecule has 0 N–H and O–H groups in total. The van der Waals surface area contributed by atoms with Gasteiger partial charge < -0.3 is 0 Å². The Morgan fingerprint density at radius 2 is 0.850 bits per heavy atom.